The summed E-state index contributed by atoms with van der Waals surface area (Å²) in [5.41, 5.74) is 1.16. The van der Waals surface area contributed by atoms with E-state index in [2.05, 4.69) is 6.07 Å². The molecule has 1 aliphatic heterocycles. The molecule has 1 aliphatic carbocycles. The van der Waals surface area contributed by atoms with Crippen LogP contribution in [0.4, 0.5) is 0 Å². The monoisotopic (exact) mass is 316 g/mol. The second-order valence-electron chi connectivity index (χ2n) is 5.84. The summed E-state index contributed by atoms with van der Waals surface area (Å²) in [6.07, 6.45) is 1.75. The Morgan fingerprint density at radius 3 is 2.86 bits per heavy atom. The van der Waals surface area contributed by atoms with Gasteiger partial charge in [-0.1, -0.05) is 30.3 Å². The highest BCUT2D eigenvalue weighted by molar-refractivity contribution is 7.99. The maximum absolute atomic E-state index is 12.5. The number of benzene rings is 1. The zero-order valence-electron chi connectivity index (χ0n) is 12.5. The van der Waals surface area contributed by atoms with Gasteiger partial charge in [0, 0.05) is 24.0 Å². The number of hydrogen-bond acceptors (Lipinski definition) is 4. The number of carbonyl (C=O) groups is 1. The topological polar surface area (TPSA) is 53.3 Å². The van der Waals surface area contributed by atoms with Crippen molar-refractivity contribution in [2.45, 2.75) is 31.6 Å². The second kappa shape index (κ2) is 7.17. The Kier molecular flexibility index (Phi) is 5.01. The molecule has 1 heterocycles. The molecule has 0 radical (unpaired) electrons. The highest BCUT2D eigenvalue weighted by atomic mass is 32.2. The van der Waals surface area contributed by atoms with Crippen LogP contribution in [0.5, 0.6) is 0 Å². The fourth-order valence-corrected chi connectivity index (χ4v) is 3.87. The van der Waals surface area contributed by atoms with Crippen molar-refractivity contribution in [1.29, 1.82) is 5.26 Å². The fraction of sp³-hybridized carbons (Fsp3) is 0.529. The number of hydrogen-bond donors (Lipinski definition) is 0. The first kappa shape index (κ1) is 15.4. The predicted octanol–water partition coefficient (Wildman–Crippen LogP) is 2.45. The summed E-state index contributed by atoms with van der Waals surface area (Å²) < 4.78 is 5.85. The molecule has 5 heteroatoms. The van der Waals surface area contributed by atoms with Gasteiger partial charge >= 0.3 is 0 Å². The van der Waals surface area contributed by atoms with E-state index in [4.69, 9.17) is 10.00 Å². The van der Waals surface area contributed by atoms with Gasteiger partial charge in [0.25, 0.3) is 0 Å². The summed E-state index contributed by atoms with van der Waals surface area (Å²) in [6, 6.07) is 12.1. The highest BCUT2D eigenvalue weighted by Gasteiger charge is 2.40. The summed E-state index contributed by atoms with van der Waals surface area (Å²) >= 11 is 1.75. The molecule has 4 nitrogen and oxygen atoms in total. The molecule has 0 aromatic heterocycles. The number of nitrogens with zero attached hydrogens (tertiary/aromatic N) is 2. The average molecular weight is 316 g/mol. The van der Waals surface area contributed by atoms with Crippen molar-refractivity contribution in [1.82, 2.24) is 4.90 Å². The van der Waals surface area contributed by atoms with Crippen LogP contribution in [0, 0.1) is 17.2 Å². The first-order valence-corrected chi connectivity index (χ1v) is 8.87. The van der Waals surface area contributed by atoms with Crippen molar-refractivity contribution in [2.75, 3.05) is 18.1 Å². The first-order valence-electron chi connectivity index (χ1n) is 7.71. The molecule has 1 unspecified atom stereocenters. The van der Waals surface area contributed by atoms with Gasteiger partial charge in [0.15, 0.2) is 0 Å². The lowest BCUT2D eigenvalue weighted by Gasteiger charge is -2.40. The minimum Gasteiger partial charge on any atom is -0.373 e. The lowest BCUT2D eigenvalue weighted by atomic mass is 9.81. The minimum atomic E-state index is -0.254. The number of thioether (sulfide) groups is 1. The average Bonchev–Trinajstić information content (AvgIpc) is 2.54. The molecule has 116 valence electrons. The fourth-order valence-electron chi connectivity index (χ4n) is 2.90. The van der Waals surface area contributed by atoms with Crippen molar-refractivity contribution in [3.8, 4) is 6.07 Å². The van der Waals surface area contributed by atoms with E-state index < -0.39 is 0 Å². The Morgan fingerprint density at radius 1 is 1.36 bits per heavy atom. The summed E-state index contributed by atoms with van der Waals surface area (Å²) in [7, 11) is 0. The third-order valence-corrected chi connectivity index (χ3v) is 5.36. The van der Waals surface area contributed by atoms with E-state index in [0.29, 0.717) is 13.2 Å². The lowest BCUT2D eigenvalue weighted by molar-refractivity contribution is -0.146. The third kappa shape index (κ3) is 3.45. The van der Waals surface area contributed by atoms with Crippen molar-refractivity contribution in [3.05, 3.63) is 35.9 Å². The van der Waals surface area contributed by atoms with Crippen LogP contribution in [0.15, 0.2) is 30.3 Å². The van der Waals surface area contributed by atoms with Gasteiger partial charge in [0.1, 0.15) is 6.04 Å². The Balaban J connectivity index is 1.44. The van der Waals surface area contributed by atoms with Crippen molar-refractivity contribution < 1.29 is 9.53 Å². The van der Waals surface area contributed by atoms with Gasteiger partial charge < -0.3 is 9.64 Å². The molecule has 0 N–H and O–H groups in total. The van der Waals surface area contributed by atoms with E-state index in [9.17, 15) is 4.79 Å². The Hall–Kier alpha value is -1.51. The van der Waals surface area contributed by atoms with Gasteiger partial charge in [-0.05, 0) is 18.4 Å². The van der Waals surface area contributed by atoms with E-state index in [-0.39, 0.29) is 24.0 Å². The van der Waals surface area contributed by atoms with E-state index in [0.717, 1.165) is 29.9 Å². The number of carbonyl (C=O) groups excluding carboxylic acids is 1. The summed E-state index contributed by atoms with van der Waals surface area (Å²) in [5.74, 6) is 1.86. The van der Waals surface area contributed by atoms with Gasteiger partial charge in [0.2, 0.25) is 5.91 Å². The number of rotatable bonds is 4. The van der Waals surface area contributed by atoms with Crippen LogP contribution in [0.2, 0.25) is 0 Å². The van der Waals surface area contributed by atoms with Gasteiger partial charge in [-0.2, -0.15) is 17.0 Å². The SMILES string of the molecule is N#CC1CSCCN1C(=O)C1CC(OCc2ccccc2)C1. The molecule has 1 amide bonds. The molecular weight excluding hydrogens is 296 g/mol. The molecule has 2 aliphatic rings. The number of amides is 1. The van der Waals surface area contributed by atoms with Gasteiger partial charge in [0.05, 0.1) is 18.8 Å². The van der Waals surface area contributed by atoms with Crippen LogP contribution in [-0.2, 0) is 16.1 Å². The Morgan fingerprint density at radius 2 is 2.14 bits per heavy atom. The minimum absolute atomic E-state index is 0.0414. The largest absolute Gasteiger partial charge is 0.373 e. The molecular formula is C17H20N2O2S. The van der Waals surface area contributed by atoms with Crippen LogP contribution in [0.1, 0.15) is 18.4 Å². The Bertz CT molecular complexity index is 552. The van der Waals surface area contributed by atoms with Crippen molar-refractivity contribution >= 4 is 17.7 Å². The molecule has 0 bridgehead atoms. The smallest absolute Gasteiger partial charge is 0.227 e. The van der Waals surface area contributed by atoms with E-state index in [1.807, 2.05) is 30.3 Å². The first-order chi connectivity index (χ1) is 10.8. The quantitative estimate of drug-likeness (QED) is 0.856. The van der Waals surface area contributed by atoms with Crippen LogP contribution in [0.3, 0.4) is 0 Å². The molecule has 1 atom stereocenters. The van der Waals surface area contributed by atoms with E-state index in [1.54, 1.807) is 16.7 Å². The molecule has 1 aromatic carbocycles. The normalized spacial score (nSPS) is 27.8. The zero-order chi connectivity index (χ0) is 15.4. The molecule has 2 fully saturated rings. The number of ether oxygens (including phenoxy) is 1. The van der Waals surface area contributed by atoms with Crippen molar-refractivity contribution in [3.63, 3.8) is 0 Å². The molecule has 3 rings (SSSR count). The van der Waals surface area contributed by atoms with Crippen LogP contribution in [-0.4, -0.2) is 41.0 Å². The zero-order valence-corrected chi connectivity index (χ0v) is 13.3. The molecule has 1 saturated heterocycles. The maximum atomic E-state index is 12.5. The standard InChI is InChI=1S/C17H20N2O2S/c18-10-15-12-22-7-6-19(15)17(20)14-8-16(9-14)21-11-13-4-2-1-3-5-13/h1-5,14-16H,6-9,11-12H2. The molecule has 22 heavy (non-hydrogen) atoms. The Labute approximate surface area is 135 Å². The molecule has 0 spiro atoms. The second-order valence-corrected chi connectivity index (χ2v) is 6.99. The van der Waals surface area contributed by atoms with Gasteiger partial charge in [-0.25, -0.2) is 0 Å². The van der Waals surface area contributed by atoms with Gasteiger partial charge in [-0.3, -0.25) is 4.79 Å². The summed E-state index contributed by atoms with van der Waals surface area (Å²) in [5, 5.41) is 9.16. The molecule has 1 aromatic rings. The van der Waals surface area contributed by atoms with Crippen LogP contribution < -0.4 is 0 Å². The lowest BCUT2D eigenvalue weighted by Crippen LogP contribution is -2.51. The maximum Gasteiger partial charge on any atom is 0.227 e. The van der Waals surface area contributed by atoms with Crippen molar-refractivity contribution in [2.24, 2.45) is 5.92 Å². The summed E-state index contributed by atoms with van der Waals surface area (Å²) in [4.78, 5) is 14.3. The van der Waals surface area contributed by atoms with E-state index in [1.165, 1.54) is 0 Å². The highest BCUT2D eigenvalue weighted by Crippen LogP contribution is 2.33. The van der Waals surface area contributed by atoms with Crippen LogP contribution >= 0.6 is 11.8 Å². The van der Waals surface area contributed by atoms with E-state index >= 15 is 0 Å². The molecule has 1 saturated carbocycles. The summed E-state index contributed by atoms with van der Waals surface area (Å²) in [6.45, 7) is 1.31. The van der Waals surface area contributed by atoms with Crippen LogP contribution in [0.25, 0.3) is 0 Å². The third-order valence-electron chi connectivity index (χ3n) is 4.33. The van der Waals surface area contributed by atoms with Gasteiger partial charge in [-0.15, -0.1) is 0 Å². The predicted molar refractivity (Wildman–Crippen MR) is 86.2 cm³/mol. The number of nitriles is 1.